The van der Waals surface area contributed by atoms with Gasteiger partial charge < -0.3 is 15.3 Å². The molecule has 0 saturated carbocycles. The molecule has 1 aliphatic rings. The molecule has 74 valence electrons. The van der Waals surface area contributed by atoms with Gasteiger partial charge in [-0.1, -0.05) is 0 Å². The second kappa shape index (κ2) is 4.23. The Balaban J connectivity index is 2.08. The molecule has 0 aromatic heterocycles. The number of nitrogens with zero attached hydrogens (tertiary/aromatic N) is 1. The summed E-state index contributed by atoms with van der Waals surface area (Å²) in [5.41, 5.74) is 0. The predicted molar refractivity (Wildman–Crippen MR) is 46.2 cm³/mol. The van der Waals surface area contributed by atoms with E-state index in [4.69, 9.17) is 5.11 Å². The topological polar surface area (TPSA) is 69.6 Å². The lowest BCUT2D eigenvalue weighted by molar-refractivity contribution is -0.147. The first-order valence-corrected chi connectivity index (χ1v) is 4.29. The molecule has 2 N–H and O–H groups in total. The summed E-state index contributed by atoms with van der Waals surface area (Å²) >= 11 is 0. The highest BCUT2D eigenvalue weighted by Crippen LogP contribution is 2.15. The first-order chi connectivity index (χ1) is 6.13. The van der Waals surface area contributed by atoms with E-state index >= 15 is 0 Å². The average Bonchev–Trinajstić information content (AvgIpc) is 2.00. The Morgan fingerprint density at radius 3 is 2.62 bits per heavy atom. The number of carbonyl (C=O) groups excluding carboxylic acids is 1. The smallest absolute Gasteiger partial charge is 0.309 e. The van der Waals surface area contributed by atoms with E-state index < -0.39 is 5.97 Å². The summed E-state index contributed by atoms with van der Waals surface area (Å²) in [7, 11) is 1.60. The summed E-state index contributed by atoms with van der Waals surface area (Å²) in [5.74, 6) is -0.973. The van der Waals surface area contributed by atoms with Gasteiger partial charge in [-0.15, -0.1) is 0 Å². The third kappa shape index (κ3) is 2.69. The molecule has 5 heteroatoms. The first-order valence-electron chi connectivity index (χ1n) is 4.29. The molecule has 1 amide bonds. The molecule has 13 heavy (non-hydrogen) atoms. The van der Waals surface area contributed by atoms with Crippen molar-refractivity contribution in [3.05, 3.63) is 0 Å². The molecule has 0 spiro atoms. The second-order valence-corrected chi connectivity index (χ2v) is 3.22. The Bertz CT molecular complexity index is 211. The van der Waals surface area contributed by atoms with E-state index in [0.717, 1.165) is 0 Å². The van der Waals surface area contributed by atoms with Crippen LogP contribution in [0, 0.1) is 5.92 Å². The van der Waals surface area contributed by atoms with Crippen molar-refractivity contribution in [1.82, 2.24) is 10.2 Å². The maximum Gasteiger partial charge on any atom is 0.309 e. The summed E-state index contributed by atoms with van der Waals surface area (Å²) in [6.45, 7) is 1.81. The molecule has 1 heterocycles. The number of rotatable bonds is 4. The normalized spacial score (nSPS) is 17.9. The molecule has 5 nitrogen and oxygen atoms in total. The number of nitrogens with one attached hydrogen (secondary N) is 1. The van der Waals surface area contributed by atoms with Gasteiger partial charge in [0.05, 0.1) is 5.92 Å². The minimum atomic E-state index is -0.740. The Morgan fingerprint density at radius 1 is 1.54 bits per heavy atom. The van der Waals surface area contributed by atoms with E-state index in [9.17, 15) is 9.59 Å². The quantitative estimate of drug-likeness (QED) is 0.599. The molecule has 0 atom stereocenters. The molecule has 0 radical (unpaired) electrons. The third-order valence-electron chi connectivity index (χ3n) is 2.24. The Hall–Kier alpha value is -1.10. The molecule has 1 rings (SSSR count). The Kier molecular flexibility index (Phi) is 3.25. The minimum Gasteiger partial charge on any atom is -0.481 e. The number of carboxylic acids is 1. The molecular weight excluding hydrogens is 172 g/mol. The largest absolute Gasteiger partial charge is 0.481 e. The Morgan fingerprint density at radius 2 is 2.15 bits per heavy atom. The number of carboxylic acid groups (broad SMARTS) is 1. The van der Waals surface area contributed by atoms with E-state index in [2.05, 4.69) is 5.32 Å². The van der Waals surface area contributed by atoms with Crippen LogP contribution in [0.25, 0.3) is 0 Å². The number of aliphatic carboxylic acids is 1. The van der Waals surface area contributed by atoms with E-state index in [1.165, 1.54) is 0 Å². The highest BCUT2D eigenvalue weighted by Gasteiger charge is 2.31. The van der Waals surface area contributed by atoms with Gasteiger partial charge in [-0.05, 0) is 0 Å². The van der Waals surface area contributed by atoms with Crippen molar-refractivity contribution in [1.29, 1.82) is 0 Å². The lowest BCUT2D eigenvalue weighted by Gasteiger charge is -2.36. The van der Waals surface area contributed by atoms with Crippen molar-refractivity contribution < 1.29 is 14.7 Å². The highest BCUT2D eigenvalue weighted by molar-refractivity contribution is 5.75. The SMILES string of the molecule is CNC(=O)CCN1CC(C(=O)O)C1. The zero-order chi connectivity index (χ0) is 9.84. The van der Waals surface area contributed by atoms with Crippen LogP contribution in [0.1, 0.15) is 6.42 Å². The molecule has 1 fully saturated rings. The van der Waals surface area contributed by atoms with Gasteiger partial charge in [-0.2, -0.15) is 0 Å². The van der Waals surface area contributed by atoms with Crippen molar-refractivity contribution in [2.45, 2.75) is 6.42 Å². The van der Waals surface area contributed by atoms with Crippen molar-refractivity contribution in [2.24, 2.45) is 5.92 Å². The summed E-state index contributed by atoms with van der Waals surface area (Å²) in [5, 5.41) is 11.1. The lowest BCUT2D eigenvalue weighted by Crippen LogP contribution is -2.51. The van der Waals surface area contributed by atoms with E-state index in [1.54, 1.807) is 7.05 Å². The number of amides is 1. The van der Waals surface area contributed by atoms with Gasteiger partial charge >= 0.3 is 5.97 Å². The maximum atomic E-state index is 10.8. The highest BCUT2D eigenvalue weighted by atomic mass is 16.4. The number of carbonyl (C=O) groups is 2. The standard InChI is InChI=1S/C8H14N2O3/c1-9-7(11)2-3-10-4-6(5-10)8(12)13/h6H,2-5H2,1H3,(H,9,11)(H,12,13). The third-order valence-corrected chi connectivity index (χ3v) is 2.24. The maximum absolute atomic E-state index is 10.8. The van der Waals surface area contributed by atoms with E-state index in [-0.39, 0.29) is 11.8 Å². The molecular formula is C8H14N2O3. The summed E-state index contributed by atoms with van der Waals surface area (Å²) in [4.78, 5) is 23.2. The predicted octanol–water partition coefficient (Wildman–Crippen LogP) is -0.861. The molecule has 0 unspecified atom stereocenters. The van der Waals surface area contributed by atoms with E-state index in [1.807, 2.05) is 4.90 Å². The number of hydrogen-bond donors (Lipinski definition) is 2. The van der Waals surface area contributed by atoms with Crippen LogP contribution < -0.4 is 5.32 Å². The van der Waals surface area contributed by atoms with Crippen LogP contribution in [-0.4, -0.2) is 48.6 Å². The van der Waals surface area contributed by atoms with Crippen molar-refractivity contribution in [2.75, 3.05) is 26.7 Å². The first kappa shape index (κ1) is 9.98. The van der Waals surface area contributed by atoms with Crippen molar-refractivity contribution in [3.63, 3.8) is 0 Å². The fraction of sp³-hybridized carbons (Fsp3) is 0.750. The molecule has 0 bridgehead atoms. The van der Waals surface area contributed by atoms with Gasteiger partial charge in [0.2, 0.25) is 5.91 Å². The summed E-state index contributed by atoms with van der Waals surface area (Å²) in [6.07, 6.45) is 0.447. The van der Waals surface area contributed by atoms with E-state index in [0.29, 0.717) is 26.1 Å². The lowest BCUT2D eigenvalue weighted by atomic mass is 10.0. The molecule has 0 aromatic rings. The van der Waals surface area contributed by atoms with Crippen molar-refractivity contribution >= 4 is 11.9 Å². The van der Waals surface area contributed by atoms with Crippen LogP contribution in [0.3, 0.4) is 0 Å². The van der Waals surface area contributed by atoms with Gasteiger partial charge in [-0.3, -0.25) is 9.59 Å². The summed E-state index contributed by atoms with van der Waals surface area (Å²) in [6, 6.07) is 0. The molecule has 0 aliphatic carbocycles. The fourth-order valence-electron chi connectivity index (χ4n) is 1.29. The zero-order valence-electron chi connectivity index (χ0n) is 7.62. The average molecular weight is 186 g/mol. The van der Waals surface area contributed by atoms with Gasteiger partial charge in [0.1, 0.15) is 0 Å². The number of hydrogen-bond acceptors (Lipinski definition) is 3. The minimum absolute atomic E-state index is 0.00113. The van der Waals surface area contributed by atoms with Gasteiger partial charge in [0, 0.05) is 33.1 Å². The Labute approximate surface area is 76.7 Å². The van der Waals surface area contributed by atoms with Crippen LogP contribution in [0.15, 0.2) is 0 Å². The second-order valence-electron chi connectivity index (χ2n) is 3.22. The molecule has 0 aromatic carbocycles. The van der Waals surface area contributed by atoms with Crippen molar-refractivity contribution in [3.8, 4) is 0 Å². The van der Waals surface area contributed by atoms with Crippen LogP contribution in [0.4, 0.5) is 0 Å². The number of likely N-dealkylation sites (tertiary alicyclic amines) is 1. The van der Waals surface area contributed by atoms with Gasteiger partial charge in [0.15, 0.2) is 0 Å². The molecule has 1 saturated heterocycles. The zero-order valence-corrected chi connectivity index (χ0v) is 7.62. The summed E-state index contributed by atoms with van der Waals surface area (Å²) < 4.78 is 0. The van der Waals surface area contributed by atoms with Crippen LogP contribution in [-0.2, 0) is 9.59 Å². The van der Waals surface area contributed by atoms with Gasteiger partial charge in [-0.25, -0.2) is 0 Å². The van der Waals surface area contributed by atoms with Crippen LogP contribution in [0.2, 0.25) is 0 Å². The van der Waals surface area contributed by atoms with Crippen LogP contribution >= 0.6 is 0 Å². The van der Waals surface area contributed by atoms with Gasteiger partial charge in [0.25, 0.3) is 0 Å². The fourth-order valence-corrected chi connectivity index (χ4v) is 1.29. The molecule has 1 aliphatic heterocycles. The van der Waals surface area contributed by atoms with Crippen LogP contribution in [0.5, 0.6) is 0 Å². The monoisotopic (exact) mass is 186 g/mol.